The molecule has 1 atom stereocenters. The van der Waals surface area contributed by atoms with Gasteiger partial charge >= 0.3 is 0 Å². The minimum Gasteiger partial charge on any atom is -0.371 e. The molecule has 1 aliphatic rings. The van der Waals surface area contributed by atoms with E-state index in [9.17, 15) is 0 Å². The predicted molar refractivity (Wildman–Crippen MR) is 85.3 cm³/mol. The van der Waals surface area contributed by atoms with Crippen molar-refractivity contribution < 1.29 is 0 Å². The van der Waals surface area contributed by atoms with E-state index in [4.69, 9.17) is 0 Å². The molecule has 1 aromatic rings. The lowest BCUT2D eigenvalue weighted by molar-refractivity contribution is 0.0683. The van der Waals surface area contributed by atoms with Gasteiger partial charge in [0, 0.05) is 25.2 Å². The topological polar surface area (TPSA) is 31.4 Å². The Balaban J connectivity index is 2.04. The Morgan fingerprint density at radius 2 is 2.00 bits per heavy atom. The molecule has 0 amide bonds. The fraction of sp³-hybridized carbons (Fsp3) is 0.688. The van der Waals surface area contributed by atoms with Gasteiger partial charge in [0.1, 0.15) is 0 Å². The molecule has 4 nitrogen and oxygen atoms in total. The van der Waals surface area contributed by atoms with Crippen LogP contribution in [0.2, 0.25) is 0 Å². The van der Waals surface area contributed by atoms with Crippen molar-refractivity contribution in [3.05, 3.63) is 24.0 Å². The highest BCUT2D eigenvalue weighted by atomic mass is 15.2. The number of hydrogen-bond acceptors (Lipinski definition) is 4. The van der Waals surface area contributed by atoms with Crippen LogP contribution < -0.4 is 10.2 Å². The molecule has 1 aliphatic carbocycles. The van der Waals surface area contributed by atoms with Gasteiger partial charge in [0.15, 0.2) is 0 Å². The van der Waals surface area contributed by atoms with Crippen molar-refractivity contribution in [2.45, 2.75) is 37.8 Å². The van der Waals surface area contributed by atoms with Crippen LogP contribution in [-0.4, -0.2) is 50.2 Å². The first-order chi connectivity index (χ1) is 9.48. The van der Waals surface area contributed by atoms with Gasteiger partial charge in [-0.05, 0) is 59.5 Å². The lowest BCUT2D eigenvalue weighted by Crippen LogP contribution is -2.56. The molecule has 0 aromatic carbocycles. The van der Waals surface area contributed by atoms with Crippen molar-refractivity contribution in [3.8, 4) is 0 Å². The molecule has 0 bridgehead atoms. The lowest BCUT2D eigenvalue weighted by atomic mass is 9.75. The van der Waals surface area contributed by atoms with Crippen LogP contribution in [0.15, 0.2) is 18.3 Å². The van der Waals surface area contributed by atoms with Crippen LogP contribution in [-0.2, 0) is 0 Å². The maximum Gasteiger partial charge on any atom is 0.0571 e. The van der Waals surface area contributed by atoms with Gasteiger partial charge in [-0.25, -0.2) is 0 Å². The minimum atomic E-state index is 0.300. The molecule has 1 fully saturated rings. The molecule has 1 unspecified atom stereocenters. The van der Waals surface area contributed by atoms with Crippen LogP contribution in [0.3, 0.4) is 0 Å². The molecule has 1 aromatic heterocycles. The van der Waals surface area contributed by atoms with Crippen LogP contribution in [0.4, 0.5) is 5.69 Å². The highest BCUT2D eigenvalue weighted by molar-refractivity contribution is 5.44. The van der Waals surface area contributed by atoms with Crippen LogP contribution in [0, 0.1) is 0 Å². The number of nitrogens with one attached hydrogen (secondary N) is 1. The average Bonchev–Trinajstić information content (AvgIpc) is 2.41. The number of likely N-dealkylation sites (N-methyl/N-ethyl adjacent to an activating group) is 2. The van der Waals surface area contributed by atoms with Gasteiger partial charge in [-0.15, -0.1) is 0 Å². The monoisotopic (exact) mass is 276 g/mol. The number of rotatable bonds is 6. The second-order valence-corrected chi connectivity index (χ2v) is 6.28. The van der Waals surface area contributed by atoms with Gasteiger partial charge < -0.3 is 15.1 Å². The van der Waals surface area contributed by atoms with E-state index in [1.54, 1.807) is 0 Å². The summed E-state index contributed by atoms with van der Waals surface area (Å²) in [6.07, 6.45) is 5.94. The van der Waals surface area contributed by atoms with Crippen molar-refractivity contribution in [2.75, 3.05) is 39.6 Å². The Labute approximate surface area is 123 Å². The zero-order chi connectivity index (χ0) is 14.8. The van der Waals surface area contributed by atoms with Crippen LogP contribution in [0.1, 0.15) is 37.9 Å². The van der Waals surface area contributed by atoms with Gasteiger partial charge in [0.05, 0.1) is 17.6 Å². The molecule has 0 radical (unpaired) electrons. The Morgan fingerprint density at radius 1 is 1.30 bits per heavy atom. The van der Waals surface area contributed by atoms with Crippen molar-refractivity contribution in [1.29, 1.82) is 0 Å². The maximum atomic E-state index is 4.57. The van der Waals surface area contributed by atoms with Crippen LogP contribution >= 0.6 is 0 Å². The second-order valence-electron chi connectivity index (χ2n) is 6.28. The SMILES string of the molecule is CNC(C)c1ccc(N(C)CC2(N(C)C)CCC2)cn1. The molecule has 1 saturated carbocycles. The zero-order valence-corrected chi connectivity index (χ0v) is 13.5. The molecular weight excluding hydrogens is 248 g/mol. The van der Waals surface area contributed by atoms with E-state index in [1.807, 2.05) is 13.2 Å². The third-order valence-corrected chi connectivity index (χ3v) is 4.85. The highest BCUT2D eigenvalue weighted by Crippen LogP contribution is 2.37. The van der Waals surface area contributed by atoms with Crippen molar-refractivity contribution in [2.24, 2.45) is 0 Å². The average molecular weight is 276 g/mol. The predicted octanol–water partition coefficient (Wildman–Crippen LogP) is 2.28. The number of aromatic nitrogens is 1. The van der Waals surface area contributed by atoms with E-state index in [1.165, 1.54) is 24.9 Å². The molecule has 0 aliphatic heterocycles. The quantitative estimate of drug-likeness (QED) is 0.864. The van der Waals surface area contributed by atoms with Crippen LogP contribution in [0.5, 0.6) is 0 Å². The second kappa shape index (κ2) is 6.10. The van der Waals surface area contributed by atoms with E-state index < -0.39 is 0 Å². The number of hydrogen-bond donors (Lipinski definition) is 1. The molecular formula is C16H28N4. The van der Waals surface area contributed by atoms with Crippen LogP contribution in [0.25, 0.3) is 0 Å². The number of nitrogens with zero attached hydrogens (tertiary/aromatic N) is 3. The van der Waals surface area contributed by atoms with Gasteiger partial charge in [-0.1, -0.05) is 0 Å². The zero-order valence-electron chi connectivity index (χ0n) is 13.5. The summed E-state index contributed by atoms with van der Waals surface area (Å²) < 4.78 is 0. The summed E-state index contributed by atoms with van der Waals surface area (Å²) in [4.78, 5) is 9.29. The summed E-state index contributed by atoms with van der Waals surface area (Å²) in [5, 5.41) is 3.22. The number of anilines is 1. The molecule has 2 rings (SSSR count). The third kappa shape index (κ3) is 2.96. The smallest absolute Gasteiger partial charge is 0.0571 e. The van der Waals surface area contributed by atoms with Gasteiger partial charge in [0.2, 0.25) is 0 Å². The van der Waals surface area contributed by atoms with Gasteiger partial charge in [-0.3, -0.25) is 4.98 Å². The minimum absolute atomic E-state index is 0.300. The van der Waals surface area contributed by atoms with E-state index >= 15 is 0 Å². The normalized spacial score (nSPS) is 18.7. The maximum absolute atomic E-state index is 4.57. The molecule has 20 heavy (non-hydrogen) atoms. The first-order valence-electron chi connectivity index (χ1n) is 7.50. The first-order valence-corrected chi connectivity index (χ1v) is 7.50. The highest BCUT2D eigenvalue weighted by Gasteiger charge is 2.39. The van der Waals surface area contributed by atoms with E-state index in [2.05, 4.69) is 60.3 Å². The van der Waals surface area contributed by atoms with E-state index in [0.717, 1.165) is 12.2 Å². The van der Waals surface area contributed by atoms with Gasteiger partial charge in [0.25, 0.3) is 0 Å². The van der Waals surface area contributed by atoms with E-state index in [-0.39, 0.29) is 0 Å². The van der Waals surface area contributed by atoms with Crippen molar-refractivity contribution >= 4 is 5.69 Å². The fourth-order valence-electron chi connectivity index (χ4n) is 2.89. The van der Waals surface area contributed by atoms with Crippen molar-refractivity contribution in [1.82, 2.24) is 15.2 Å². The molecule has 4 heteroatoms. The molecule has 0 saturated heterocycles. The third-order valence-electron chi connectivity index (χ3n) is 4.85. The Kier molecular flexibility index (Phi) is 4.66. The summed E-state index contributed by atoms with van der Waals surface area (Å²) >= 11 is 0. The first kappa shape index (κ1) is 15.3. The summed E-state index contributed by atoms with van der Waals surface area (Å²) in [7, 11) is 8.53. The Morgan fingerprint density at radius 3 is 2.40 bits per heavy atom. The lowest BCUT2D eigenvalue weighted by Gasteiger charge is -2.49. The molecule has 112 valence electrons. The fourth-order valence-corrected chi connectivity index (χ4v) is 2.89. The standard InChI is InChI=1S/C16H28N4/c1-13(17-2)15-8-7-14(11-18-15)20(5)12-16(19(3)4)9-6-10-16/h7-8,11,13,17H,6,9-10,12H2,1-5H3. The Bertz CT molecular complexity index is 423. The largest absolute Gasteiger partial charge is 0.371 e. The summed E-state index contributed by atoms with van der Waals surface area (Å²) in [6, 6.07) is 4.60. The van der Waals surface area contributed by atoms with E-state index in [0.29, 0.717) is 11.6 Å². The number of pyridine rings is 1. The van der Waals surface area contributed by atoms with Crippen molar-refractivity contribution in [3.63, 3.8) is 0 Å². The molecule has 1 heterocycles. The summed E-state index contributed by atoms with van der Waals surface area (Å²) in [5.41, 5.74) is 2.65. The molecule has 0 spiro atoms. The van der Waals surface area contributed by atoms with Gasteiger partial charge in [-0.2, -0.15) is 0 Å². The molecule has 1 N–H and O–H groups in total. The summed E-state index contributed by atoms with van der Waals surface area (Å²) in [5.74, 6) is 0. The Hall–Kier alpha value is -1.13. The summed E-state index contributed by atoms with van der Waals surface area (Å²) in [6.45, 7) is 3.20.